The van der Waals surface area contributed by atoms with Gasteiger partial charge >= 0.3 is 5.97 Å². The molecule has 1 aromatic carbocycles. The van der Waals surface area contributed by atoms with Crippen LogP contribution >= 0.6 is 0 Å². The van der Waals surface area contributed by atoms with Crippen LogP contribution < -0.4 is 20.5 Å². The Morgan fingerprint density at radius 3 is 2.84 bits per heavy atom. The number of ether oxygens (including phenoxy) is 3. The Morgan fingerprint density at radius 1 is 1.24 bits per heavy atom. The highest BCUT2D eigenvalue weighted by atomic mass is 16.5. The van der Waals surface area contributed by atoms with Gasteiger partial charge in [0.2, 0.25) is 5.76 Å². The number of hydrogen-bond donors (Lipinski definition) is 2. The van der Waals surface area contributed by atoms with E-state index in [9.17, 15) is 4.79 Å². The van der Waals surface area contributed by atoms with Crippen LogP contribution in [-0.4, -0.2) is 32.3 Å². The molecule has 8 nitrogen and oxygen atoms in total. The number of rotatable bonds is 4. The van der Waals surface area contributed by atoms with E-state index in [-0.39, 0.29) is 18.3 Å². The van der Waals surface area contributed by atoms with Crippen LogP contribution in [0.2, 0.25) is 0 Å². The quantitative estimate of drug-likeness (QED) is 0.496. The minimum atomic E-state index is -0.534. The molecule has 0 fully saturated rings. The summed E-state index contributed by atoms with van der Waals surface area (Å²) in [6.07, 6.45) is 0.845. The smallest absolute Gasteiger partial charge is 0.373 e. The molecule has 2 aromatic rings. The number of carbonyl (C=O) groups is 1. The van der Waals surface area contributed by atoms with Crippen molar-refractivity contribution in [2.24, 2.45) is 10.7 Å². The Kier molecular flexibility index (Phi) is 5.08. The number of nitrogens with zero attached hydrogens (tertiary/aromatic N) is 1. The van der Waals surface area contributed by atoms with Crippen molar-refractivity contribution in [3.63, 3.8) is 0 Å². The van der Waals surface area contributed by atoms with E-state index in [1.807, 2.05) is 18.2 Å². The second-order valence-corrected chi connectivity index (χ2v) is 5.30. The number of furan rings is 1. The van der Waals surface area contributed by atoms with Crippen LogP contribution in [-0.2, 0) is 11.3 Å². The predicted molar refractivity (Wildman–Crippen MR) is 91.0 cm³/mol. The van der Waals surface area contributed by atoms with E-state index in [1.165, 1.54) is 13.2 Å². The van der Waals surface area contributed by atoms with Crippen molar-refractivity contribution in [3.8, 4) is 11.5 Å². The van der Waals surface area contributed by atoms with E-state index in [0.29, 0.717) is 30.5 Å². The molecule has 0 bridgehead atoms. The minimum absolute atomic E-state index is 0.127. The van der Waals surface area contributed by atoms with Crippen LogP contribution in [0.25, 0.3) is 0 Å². The Labute approximate surface area is 144 Å². The Bertz CT molecular complexity index is 784. The zero-order valence-corrected chi connectivity index (χ0v) is 13.8. The van der Waals surface area contributed by atoms with Crippen molar-refractivity contribution in [2.45, 2.75) is 13.0 Å². The first kappa shape index (κ1) is 16.7. The zero-order chi connectivity index (χ0) is 17.6. The van der Waals surface area contributed by atoms with Crippen LogP contribution in [0, 0.1) is 0 Å². The standard InChI is InChI=1S/C17H19N3O5/c1-22-16(21)14-6-4-12(25-14)10-19-17(18)20-11-3-5-13-15(9-11)24-8-2-7-23-13/h3-6,9H,2,7-8,10H2,1H3,(H3,18,19,20). The predicted octanol–water partition coefficient (Wildman–Crippen LogP) is 2.15. The summed E-state index contributed by atoms with van der Waals surface area (Å²) in [7, 11) is 1.29. The molecule has 132 valence electrons. The molecule has 3 N–H and O–H groups in total. The lowest BCUT2D eigenvalue weighted by Gasteiger charge is -2.10. The van der Waals surface area contributed by atoms with Gasteiger partial charge in [0.05, 0.1) is 20.3 Å². The number of benzene rings is 1. The van der Waals surface area contributed by atoms with Crippen LogP contribution in [0.15, 0.2) is 39.7 Å². The third kappa shape index (κ3) is 4.23. The van der Waals surface area contributed by atoms with Crippen LogP contribution in [0.1, 0.15) is 22.7 Å². The van der Waals surface area contributed by atoms with Gasteiger partial charge in [-0.1, -0.05) is 0 Å². The molecule has 0 radical (unpaired) electrons. The maximum absolute atomic E-state index is 11.3. The number of carbonyl (C=O) groups excluding carboxylic acids is 1. The van der Waals surface area contributed by atoms with Gasteiger partial charge in [-0.15, -0.1) is 0 Å². The molecule has 0 saturated carbocycles. The van der Waals surface area contributed by atoms with Crippen molar-refractivity contribution in [1.29, 1.82) is 0 Å². The fourth-order valence-electron chi connectivity index (χ4n) is 2.26. The first-order valence-electron chi connectivity index (χ1n) is 7.79. The summed E-state index contributed by atoms with van der Waals surface area (Å²) in [5, 5.41) is 2.98. The van der Waals surface area contributed by atoms with Gasteiger partial charge in [-0.3, -0.25) is 0 Å². The molecule has 3 rings (SSSR count). The summed E-state index contributed by atoms with van der Waals surface area (Å²) in [4.78, 5) is 15.5. The lowest BCUT2D eigenvalue weighted by Crippen LogP contribution is -2.22. The van der Waals surface area contributed by atoms with Crippen molar-refractivity contribution in [1.82, 2.24) is 0 Å². The number of hydrogen-bond acceptors (Lipinski definition) is 6. The first-order chi connectivity index (χ1) is 12.2. The highest BCUT2D eigenvalue weighted by molar-refractivity contribution is 5.92. The summed E-state index contributed by atoms with van der Waals surface area (Å²) in [6.45, 7) is 1.45. The maximum atomic E-state index is 11.3. The number of anilines is 1. The number of nitrogens with two attached hydrogens (primary N) is 1. The summed E-state index contributed by atoms with van der Waals surface area (Å²) in [5.41, 5.74) is 6.62. The molecule has 1 aromatic heterocycles. The van der Waals surface area contributed by atoms with Crippen LogP contribution in [0.3, 0.4) is 0 Å². The third-order valence-electron chi connectivity index (χ3n) is 3.47. The van der Waals surface area contributed by atoms with E-state index in [0.717, 1.165) is 12.1 Å². The molecule has 0 aliphatic carbocycles. The highest BCUT2D eigenvalue weighted by Gasteiger charge is 2.12. The maximum Gasteiger partial charge on any atom is 0.373 e. The van der Waals surface area contributed by atoms with Crippen molar-refractivity contribution >= 4 is 17.6 Å². The molecule has 0 atom stereocenters. The number of methoxy groups -OCH3 is 1. The summed E-state index contributed by atoms with van der Waals surface area (Å²) in [5.74, 6) is 1.69. The number of nitrogens with one attached hydrogen (secondary N) is 1. The number of esters is 1. The fourth-order valence-corrected chi connectivity index (χ4v) is 2.26. The van der Waals surface area contributed by atoms with E-state index in [4.69, 9.17) is 19.6 Å². The molecular weight excluding hydrogens is 326 g/mol. The molecule has 1 aliphatic heterocycles. The number of guanidine groups is 1. The van der Waals surface area contributed by atoms with Crippen molar-refractivity contribution in [3.05, 3.63) is 41.9 Å². The highest BCUT2D eigenvalue weighted by Crippen LogP contribution is 2.32. The third-order valence-corrected chi connectivity index (χ3v) is 3.47. The average molecular weight is 345 g/mol. The summed E-state index contributed by atoms with van der Waals surface area (Å²) >= 11 is 0. The fraction of sp³-hybridized carbons (Fsp3) is 0.294. The van der Waals surface area contributed by atoms with Crippen LogP contribution in [0.5, 0.6) is 11.5 Å². The molecule has 0 amide bonds. The number of aliphatic imine (C=N–C) groups is 1. The van der Waals surface area contributed by atoms with Gasteiger partial charge in [0, 0.05) is 18.2 Å². The topological polar surface area (TPSA) is 108 Å². The van der Waals surface area contributed by atoms with E-state index in [1.54, 1.807) is 6.07 Å². The summed E-state index contributed by atoms with van der Waals surface area (Å²) in [6, 6.07) is 8.65. The molecule has 0 unspecified atom stereocenters. The lowest BCUT2D eigenvalue weighted by molar-refractivity contribution is 0.0563. The Balaban J connectivity index is 1.62. The lowest BCUT2D eigenvalue weighted by atomic mass is 10.3. The second-order valence-electron chi connectivity index (χ2n) is 5.30. The van der Waals surface area contributed by atoms with Crippen molar-refractivity contribution in [2.75, 3.05) is 25.6 Å². The first-order valence-corrected chi connectivity index (χ1v) is 7.79. The number of fused-ring (bicyclic) bond motifs is 1. The van der Waals surface area contributed by atoms with Gasteiger partial charge in [0.1, 0.15) is 12.3 Å². The Hall–Kier alpha value is -3.16. The second kappa shape index (κ2) is 7.61. The van der Waals surface area contributed by atoms with E-state index < -0.39 is 5.97 Å². The minimum Gasteiger partial charge on any atom is -0.490 e. The van der Waals surface area contributed by atoms with Gasteiger partial charge in [0.25, 0.3) is 0 Å². The molecule has 0 spiro atoms. The van der Waals surface area contributed by atoms with E-state index >= 15 is 0 Å². The van der Waals surface area contributed by atoms with Gasteiger partial charge in [-0.2, -0.15) is 0 Å². The zero-order valence-electron chi connectivity index (χ0n) is 13.8. The Morgan fingerprint density at radius 2 is 2.04 bits per heavy atom. The molecule has 25 heavy (non-hydrogen) atoms. The normalized spacial score (nSPS) is 13.9. The molecule has 8 heteroatoms. The van der Waals surface area contributed by atoms with Gasteiger partial charge < -0.3 is 29.7 Å². The van der Waals surface area contributed by atoms with Gasteiger partial charge in [0.15, 0.2) is 17.5 Å². The van der Waals surface area contributed by atoms with Gasteiger partial charge in [-0.25, -0.2) is 9.79 Å². The van der Waals surface area contributed by atoms with Gasteiger partial charge in [-0.05, 0) is 24.3 Å². The molecular formula is C17H19N3O5. The summed E-state index contributed by atoms with van der Waals surface area (Å²) < 4.78 is 21.1. The molecule has 0 saturated heterocycles. The van der Waals surface area contributed by atoms with Crippen molar-refractivity contribution < 1.29 is 23.4 Å². The SMILES string of the molecule is COC(=O)c1ccc(CN=C(N)Nc2ccc3c(c2)OCCCO3)o1. The average Bonchev–Trinajstić information content (AvgIpc) is 2.97. The molecule has 2 heterocycles. The van der Waals surface area contributed by atoms with E-state index in [2.05, 4.69) is 15.0 Å². The monoisotopic (exact) mass is 345 g/mol. The molecule has 1 aliphatic rings. The largest absolute Gasteiger partial charge is 0.490 e. The van der Waals surface area contributed by atoms with Crippen LogP contribution in [0.4, 0.5) is 5.69 Å².